The van der Waals surface area contributed by atoms with Crippen molar-refractivity contribution < 1.29 is 4.39 Å². The van der Waals surface area contributed by atoms with E-state index in [1.165, 1.54) is 5.56 Å². The number of piperazine rings is 1. The van der Waals surface area contributed by atoms with Crippen molar-refractivity contribution in [2.45, 2.75) is 11.3 Å². The summed E-state index contributed by atoms with van der Waals surface area (Å²) in [6, 6.07) is 3.76. The molecule has 1 N–H and O–H groups in total. The van der Waals surface area contributed by atoms with Gasteiger partial charge in [-0.3, -0.25) is 0 Å². The van der Waals surface area contributed by atoms with Crippen LogP contribution in [0, 0.1) is 5.82 Å². The average molecular weight is 238 g/mol. The van der Waals surface area contributed by atoms with E-state index < -0.39 is 0 Å². The molecule has 0 saturated carbocycles. The molecule has 1 aromatic carbocycles. The third kappa shape index (κ3) is 1.80. The Bertz CT molecular complexity index is 402. The lowest BCUT2D eigenvalue weighted by atomic mass is 10.1. The molecule has 2 aliphatic rings. The van der Waals surface area contributed by atoms with Gasteiger partial charge in [0, 0.05) is 36.8 Å². The molecule has 2 heterocycles. The van der Waals surface area contributed by atoms with Crippen LogP contribution in [0.3, 0.4) is 0 Å². The largest absolute Gasteiger partial charge is 0.367 e. The van der Waals surface area contributed by atoms with Gasteiger partial charge in [-0.15, -0.1) is 11.8 Å². The lowest BCUT2D eigenvalue weighted by Gasteiger charge is -2.30. The van der Waals surface area contributed by atoms with Crippen molar-refractivity contribution in [3.63, 3.8) is 0 Å². The third-order valence-electron chi connectivity index (χ3n) is 3.22. The van der Waals surface area contributed by atoms with Crippen LogP contribution in [0.2, 0.25) is 0 Å². The summed E-state index contributed by atoms with van der Waals surface area (Å²) in [6.07, 6.45) is 1.08. The Labute approximate surface area is 99.2 Å². The second kappa shape index (κ2) is 4.26. The third-order valence-corrected chi connectivity index (χ3v) is 4.32. The standard InChI is InChI=1S/C12H15FN2S/c13-10-8-12-9(1-6-16-12)7-11(10)15-4-2-14-3-5-15/h7-8,14H,1-6H2. The molecule has 0 bridgehead atoms. The topological polar surface area (TPSA) is 15.3 Å². The average Bonchev–Trinajstić information content (AvgIpc) is 2.76. The van der Waals surface area contributed by atoms with Crippen LogP contribution in [0.15, 0.2) is 17.0 Å². The van der Waals surface area contributed by atoms with Gasteiger partial charge in [0.05, 0.1) is 5.69 Å². The molecule has 2 aliphatic heterocycles. The number of hydrogen-bond donors (Lipinski definition) is 1. The van der Waals surface area contributed by atoms with Gasteiger partial charge in [-0.2, -0.15) is 0 Å². The number of fused-ring (bicyclic) bond motifs is 1. The fraction of sp³-hybridized carbons (Fsp3) is 0.500. The Kier molecular flexibility index (Phi) is 2.77. The van der Waals surface area contributed by atoms with Gasteiger partial charge >= 0.3 is 0 Å². The SMILES string of the molecule is Fc1cc2c(cc1N1CCNCC1)CCS2. The van der Waals surface area contributed by atoms with Crippen LogP contribution in [0.1, 0.15) is 5.56 Å². The van der Waals surface area contributed by atoms with Crippen LogP contribution in [-0.2, 0) is 6.42 Å². The van der Waals surface area contributed by atoms with Crippen LogP contribution < -0.4 is 10.2 Å². The Morgan fingerprint density at radius 1 is 1.25 bits per heavy atom. The maximum absolute atomic E-state index is 14.0. The van der Waals surface area contributed by atoms with Crippen LogP contribution in [0.25, 0.3) is 0 Å². The molecule has 0 aliphatic carbocycles. The maximum Gasteiger partial charge on any atom is 0.147 e. The molecule has 1 fully saturated rings. The molecule has 1 aromatic rings. The molecule has 2 nitrogen and oxygen atoms in total. The first-order valence-electron chi connectivity index (χ1n) is 5.75. The van der Waals surface area contributed by atoms with Crippen LogP contribution >= 0.6 is 11.8 Å². The van der Waals surface area contributed by atoms with E-state index in [1.807, 2.05) is 0 Å². The first-order valence-corrected chi connectivity index (χ1v) is 6.74. The minimum Gasteiger partial charge on any atom is -0.367 e. The van der Waals surface area contributed by atoms with E-state index in [0.717, 1.165) is 48.9 Å². The van der Waals surface area contributed by atoms with Crippen molar-refractivity contribution in [2.75, 3.05) is 36.8 Å². The molecule has 0 atom stereocenters. The highest BCUT2D eigenvalue weighted by atomic mass is 32.2. The zero-order chi connectivity index (χ0) is 11.0. The normalized spacial score (nSPS) is 19.9. The van der Waals surface area contributed by atoms with Crippen molar-refractivity contribution in [1.29, 1.82) is 0 Å². The fourth-order valence-corrected chi connectivity index (χ4v) is 3.41. The molecule has 0 amide bonds. The van der Waals surface area contributed by atoms with Gasteiger partial charge in [-0.25, -0.2) is 4.39 Å². The summed E-state index contributed by atoms with van der Waals surface area (Å²) in [5.74, 6) is 1.04. The fourth-order valence-electron chi connectivity index (χ4n) is 2.34. The summed E-state index contributed by atoms with van der Waals surface area (Å²) < 4.78 is 14.0. The molecule has 0 radical (unpaired) electrons. The Balaban J connectivity index is 1.94. The van der Waals surface area contributed by atoms with Crippen molar-refractivity contribution in [1.82, 2.24) is 5.32 Å². The van der Waals surface area contributed by atoms with Gasteiger partial charge in [0.2, 0.25) is 0 Å². The van der Waals surface area contributed by atoms with Gasteiger partial charge in [0.25, 0.3) is 0 Å². The van der Waals surface area contributed by atoms with E-state index in [2.05, 4.69) is 16.3 Å². The van der Waals surface area contributed by atoms with E-state index in [-0.39, 0.29) is 5.82 Å². The van der Waals surface area contributed by atoms with E-state index >= 15 is 0 Å². The van der Waals surface area contributed by atoms with E-state index in [4.69, 9.17) is 0 Å². The molecule has 0 unspecified atom stereocenters. The molecular weight excluding hydrogens is 223 g/mol. The lowest BCUT2D eigenvalue weighted by Crippen LogP contribution is -2.43. The lowest BCUT2D eigenvalue weighted by molar-refractivity contribution is 0.564. The van der Waals surface area contributed by atoms with Crippen LogP contribution in [-0.4, -0.2) is 31.9 Å². The summed E-state index contributed by atoms with van der Waals surface area (Å²) in [6.45, 7) is 3.71. The van der Waals surface area contributed by atoms with Crippen LogP contribution in [0.4, 0.5) is 10.1 Å². The molecule has 1 saturated heterocycles. The van der Waals surface area contributed by atoms with Gasteiger partial charge in [-0.05, 0) is 24.1 Å². The van der Waals surface area contributed by atoms with Gasteiger partial charge in [-0.1, -0.05) is 0 Å². The molecule has 16 heavy (non-hydrogen) atoms. The number of halogens is 1. The summed E-state index contributed by atoms with van der Waals surface area (Å²) in [5.41, 5.74) is 2.11. The number of aryl methyl sites for hydroxylation is 1. The highest BCUT2D eigenvalue weighted by molar-refractivity contribution is 7.99. The zero-order valence-electron chi connectivity index (χ0n) is 9.13. The van der Waals surface area contributed by atoms with E-state index in [0.29, 0.717) is 0 Å². The van der Waals surface area contributed by atoms with Gasteiger partial charge in [0.1, 0.15) is 5.82 Å². The summed E-state index contributed by atoms with van der Waals surface area (Å²) >= 11 is 1.77. The van der Waals surface area contributed by atoms with Crippen LogP contribution in [0.5, 0.6) is 0 Å². The van der Waals surface area contributed by atoms with Crippen molar-refractivity contribution in [3.8, 4) is 0 Å². The van der Waals surface area contributed by atoms with Crippen molar-refractivity contribution in [2.24, 2.45) is 0 Å². The predicted octanol–water partition coefficient (Wildman–Crippen LogP) is 1.88. The monoisotopic (exact) mass is 238 g/mol. The summed E-state index contributed by atoms with van der Waals surface area (Å²) in [4.78, 5) is 3.28. The number of nitrogens with one attached hydrogen (secondary N) is 1. The summed E-state index contributed by atoms with van der Waals surface area (Å²) in [7, 11) is 0. The molecule has 4 heteroatoms. The number of nitrogens with zero attached hydrogens (tertiary/aromatic N) is 1. The Morgan fingerprint density at radius 3 is 2.88 bits per heavy atom. The predicted molar refractivity (Wildman–Crippen MR) is 65.9 cm³/mol. The van der Waals surface area contributed by atoms with E-state index in [1.54, 1.807) is 17.8 Å². The molecular formula is C12H15FN2S. The quantitative estimate of drug-likeness (QED) is 0.804. The number of thioether (sulfide) groups is 1. The highest BCUT2D eigenvalue weighted by Crippen LogP contribution is 2.35. The molecule has 0 aromatic heterocycles. The number of anilines is 1. The van der Waals surface area contributed by atoms with E-state index in [9.17, 15) is 4.39 Å². The number of rotatable bonds is 1. The second-order valence-electron chi connectivity index (χ2n) is 4.25. The van der Waals surface area contributed by atoms with Gasteiger partial charge < -0.3 is 10.2 Å². The number of hydrogen-bond acceptors (Lipinski definition) is 3. The van der Waals surface area contributed by atoms with Crippen molar-refractivity contribution >= 4 is 17.4 Å². The van der Waals surface area contributed by atoms with Crippen molar-refractivity contribution in [3.05, 3.63) is 23.5 Å². The highest BCUT2D eigenvalue weighted by Gasteiger charge is 2.19. The zero-order valence-corrected chi connectivity index (χ0v) is 9.95. The molecule has 3 rings (SSSR count). The number of benzene rings is 1. The smallest absolute Gasteiger partial charge is 0.147 e. The Morgan fingerprint density at radius 2 is 2.06 bits per heavy atom. The summed E-state index contributed by atoms with van der Waals surface area (Å²) in [5, 5.41) is 3.29. The first kappa shape index (κ1) is 10.4. The maximum atomic E-state index is 14.0. The molecule has 0 spiro atoms. The first-order chi connectivity index (χ1) is 7.84. The minimum atomic E-state index is -0.0601. The molecule has 86 valence electrons. The van der Waals surface area contributed by atoms with Gasteiger partial charge in [0.15, 0.2) is 0 Å². The Hall–Kier alpha value is -0.740. The second-order valence-corrected chi connectivity index (χ2v) is 5.38. The minimum absolute atomic E-state index is 0.0601.